The van der Waals surface area contributed by atoms with Crippen molar-refractivity contribution in [3.05, 3.63) is 52.7 Å². The zero-order valence-corrected chi connectivity index (χ0v) is 16.5. The number of rotatable bonds is 4. The van der Waals surface area contributed by atoms with Gasteiger partial charge in [-0.3, -0.25) is 9.48 Å². The third kappa shape index (κ3) is 3.62. The summed E-state index contributed by atoms with van der Waals surface area (Å²) in [6.45, 7) is 1.84. The van der Waals surface area contributed by atoms with Crippen LogP contribution >= 0.6 is 0 Å². The number of hydrogen-bond acceptors (Lipinski definition) is 5. The second-order valence-corrected chi connectivity index (χ2v) is 7.09. The first-order valence-corrected chi connectivity index (χ1v) is 9.19. The van der Waals surface area contributed by atoms with Gasteiger partial charge in [0.1, 0.15) is 5.69 Å². The average molecular weight is 420 g/mol. The first kappa shape index (κ1) is 19.9. The molecule has 4 rings (SSSR count). The molecule has 158 valence electrons. The molecule has 3 aromatic heterocycles. The molecule has 1 aliphatic rings. The number of carbonyl (C=O) groups is 1. The van der Waals surface area contributed by atoms with E-state index in [0.29, 0.717) is 18.7 Å². The lowest BCUT2D eigenvalue weighted by atomic mass is 10.2. The Bertz CT molecular complexity index is 1120. The highest BCUT2D eigenvalue weighted by atomic mass is 19.4. The number of amides is 1. The van der Waals surface area contributed by atoms with E-state index in [9.17, 15) is 18.0 Å². The molecule has 0 spiro atoms. The number of fused-ring (bicyclic) bond motifs is 1. The summed E-state index contributed by atoms with van der Waals surface area (Å²) in [5, 5.41) is 10.8. The van der Waals surface area contributed by atoms with Crippen LogP contribution in [0.2, 0.25) is 0 Å². The second-order valence-electron chi connectivity index (χ2n) is 7.09. The summed E-state index contributed by atoms with van der Waals surface area (Å²) in [6, 6.07) is 4.00. The molecule has 0 aliphatic heterocycles. The molecule has 3 heterocycles. The molecule has 1 aliphatic carbocycles. The van der Waals surface area contributed by atoms with Gasteiger partial charge in [-0.15, -0.1) is 0 Å². The van der Waals surface area contributed by atoms with Crippen molar-refractivity contribution in [2.45, 2.75) is 32.0 Å². The molecule has 0 fully saturated rings. The van der Waals surface area contributed by atoms with Crippen LogP contribution in [-0.4, -0.2) is 37.6 Å². The third-order valence-corrected chi connectivity index (χ3v) is 4.96. The Morgan fingerprint density at radius 2 is 2.03 bits per heavy atom. The number of methoxy groups -OCH3 is 1. The van der Waals surface area contributed by atoms with E-state index in [-0.39, 0.29) is 11.7 Å². The maximum atomic E-state index is 12.9. The summed E-state index contributed by atoms with van der Waals surface area (Å²) < 4.78 is 46.4. The van der Waals surface area contributed by atoms with Crippen LogP contribution < -0.4 is 10.1 Å². The molecular formula is C19H19F3N6O2. The minimum atomic E-state index is -4.61. The summed E-state index contributed by atoms with van der Waals surface area (Å²) in [6.07, 6.45) is -1.53. The molecular weight excluding hydrogens is 401 g/mol. The molecule has 11 heteroatoms. The third-order valence-electron chi connectivity index (χ3n) is 4.96. The fourth-order valence-corrected chi connectivity index (χ4v) is 3.53. The standard InChI is InChI=1S/C19H19F3N6O2/c1-10-6-11(7-17(23-10)30-3)28-9-12-13(4-5-14(12)25-28)24-18(29)15-8-16(19(20,21)22)26-27(15)2/h6-9,13H,4-5H2,1-3H3,(H,24,29)/t13-/m0/s1. The normalized spacial score (nSPS) is 15.9. The maximum Gasteiger partial charge on any atom is 0.435 e. The summed E-state index contributed by atoms with van der Waals surface area (Å²) in [5.41, 5.74) is 1.93. The van der Waals surface area contributed by atoms with Crippen molar-refractivity contribution in [3.8, 4) is 11.6 Å². The van der Waals surface area contributed by atoms with Gasteiger partial charge < -0.3 is 10.1 Å². The lowest BCUT2D eigenvalue weighted by molar-refractivity contribution is -0.141. The molecule has 8 nitrogen and oxygen atoms in total. The van der Waals surface area contributed by atoms with Crippen molar-refractivity contribution in [3.63, 3.8) is 0 Å². The number of aryl methyl sites for hydroxylation is 3. The molecule has 1 N–H and O–H groups in total. The number of ether oxygens (including phenoxy) is 1. The average Bonchev–Trinajstić information content (AvgIpc) is 3.36. The van der Waals surface area contributed by atoms with Crippen molar-refractivity contribution in [1.82, 2.24) is 29.9 Å². The predicted molar refractivity (Wildman–Crippen MR) is 99.4 cm³/mol. The van der Waals surface area contributed by atoms with Crippen molar-refractivity contribution in [1.29, 1.82) is 0 Å². The summed E-state index contributed by atoms with van der Waals surface area (Å²) in [7, 11) is 2.84. The van der Waals surface area contributed by atoms with E-state index < -0.39 is 17.8 Å². The van der Waals surface area contributed by atoms with Gasteiger partial charge in [0.2, 0.25) is 5.88 Å². The number of hydrogen-bond donors (Lipinski definition) is 1. The fourth-order valence-electron chi connectivity index (χ4n) is 3.53. The van der Waals surface area contributed by atoms with Crippen molar-refractivity contribution in [2.75, 3.05) is 7.11 Å². The van der Waals surface area contributed by atoms with E-state index in [0.717, 1.165) is 33.4 Å². The number of aromatic nitrogens is 5. The number of halogens is 3. The van der Waals surface area contributed by atoms with Crippen LogP contribution in [0.4, 0.5) is 13.2 Å². The highest BCUT2D eigenvalue weighted by Gasteiger charge is 2.36. The van der Waals surface area contributed by atoms with Crippen LogP contribution in [0.3, 0.4) is 0 Å². The number of nitrogens with one attached hydrogen (secondary N) is 1. The van der Waals surface area contributed by atoms with Gasteiger partial charge in [-0.1, -0.05) is 0 Å². The number of nitrogens with zero attached hydrogens (tertiary/aromatic N) is 5. The van der Waals surface area contributed by atoms with E-state index in [2.05, 4.69) is 20.5 Å². The van der Waals surface area contributed by atoms with Gasteiger partial charge in [-0.2, -0.15) is 23.4 Å². The highest BCUT2D eigenvalue weighted by molar-refractivity contribution is 5.93. The summed E-state index contributed by atoms with van der Waals surface area (Å²) in [5.74, 6) is -0.158. The Labute approximate surface area is 169 Å². The van der Waals surface area contributed by atoms with Gasteiger partial charge in [-0.05, 0) is 25.8 Å². The Balaban J connectivity index is 1.57. The maximum absolute atomic E-state index is 12.9. The zero-order valence-electron chi connectivity index (χ0n) is 16.5. The van der Waals surface area contributed by atoms with Crippen molar-refractivity contribution >= 4 is 5.91 Å². The van der Waals surface area contributed by atoms with Gasteiger partial charge in [-0.25, -0.2) is 9.67 Å². The molecule has 0 saturated heterocycles. The van der Waals surface area contributed by atoms with E-state index in [1.54, 1.807) is 10.7 Å². The quantitative estimate of drug-likeness (QED) is 0.702. The smallest absolute Gasteiger partial charge is 0.435 e. The molecule has 0 saturated carbocycles. The van der Waals surface area contributed by atoms with Crippen LogP contribution in [0.5, 0.6) is 5.88 Å². The van der Waals surface area contributed by atoms with Crippen LogP contribution in [0, 0.1) is 6.92 Å². The Hall–Kier alpha value is -3.37. The predicted octanol–water partition coefficient (Wildman–Crippen LogP) is 2.75. The van der Waals surface area contributed by atoms with Gasteiger partial charge in [0.15, 0.2) is 5.69 Å². The second kappa shape index (κ2) is 7.15. The minimum Gasteiger partial charge on any atom is -0.481 e. The minimum absolute atomic E-state index is 0.155. The SMILES string of the molecule is COc1cc(-n2cc3c(n2)CC[C@@H]3NC(=O)c2cc(C(F)(F)F)nn2C)cc(C)n1. The van der Waals surface area contributed by atoms with Gasteiger partial charge >= 0.3 is 6.18 Å². The number of pyridine rings is 1. The Morgan fingerprint density at radius 1 is 1.27 bits per heavy atom. The molecule has 1 atom stereocenters. The van der Waals surface area contributed by atoms with Crippen molar-refractivity contribution < 1.29 is 22.7 Å². The lowest BCUT2D eigenvalue weighted by Gasteiger charge is -2.13. The molecule has 0 aromatic carbocycles. The van der Waals surface area contributed by atoms with Gasteiger partial charge in [0.05, 0.1) is 24.5 Å². The number of alkyl halides is 3. The fraction of sp³-hybridized carbons (Fsp3) is 0.368. The van der Waals surface area contributed by atoms with Crippen molar-refractivity contribution in [2.24, 2.45) is 7.05 Å². The molecule has 1 amide bonds. The van der Waals surface area contributed by atoms with Crippen LogP contribution in [0.15, 0.2) is 24.4 Å². The molecule has 0 radical (unpaired) electrons. The van der Waals surface area contributed by atoms with E-state index in [1.807, 2.05) is 19.2 Å². The summed E-state index contributed by atoms with van der Waals surface area (Å²) >= 11 is 0. The molecule has 30 heavy (non-hydrogen) atoms. The van der Waals surface area contributed by atoms with Gasteiger partial charge in [0.25, 0.3) is 5.91 Å². The largest absolute Gasteiger partial charge is 0.481 e. The molecule has 0 unspecified atom stereocenters. The topological polar surface area (TPSA) is 86.9 Å². The highest BCUT2D eigenvalue weighted by Crippen LogP contribution is 2.32. The lowest BCUT2D eigenvalue weighted by Crippen LogP contribution is -2.28. The van der Waals surface area contributed by atoms with Crippen LogP contribution in [0.1, 0.15) is 45.6 Å². The number of carbonyl (C=O) groups excluding carboxylic acids is 1. The zero-order chi connectivity index (χ0) is 21.6. The first-order chi connectivity index (χ1) is 14.2. The first-order valence-electron chi connectivity index (χ1n) is 9.19. The molecule has 3 aromatic rings. The van der Waals surface area contributed by atoms with E-state index in [4.69, 9.17) is 4.74 Å². The van der Waals surface area contributed by atoms with Gasteiger partial charge in [0, 0.05) is 36.6 Å². The van der Waals surface area contributed by atoms with Crippen LogP contribution in [0.25, 0.3) is 5.69 Å². The van der Waals surface area contributed by atoms with Crippen LogP contribution in [-0.2, 0) is 19.6 Å². The molecule has 0 bridgehead atoms. The Kier molecular flexibility index (Phi) is 4.75. The van der Waals surface area contributed by atoms with E-state index in [1.165, 1.54) is 14.2 Å². The monoisotopic (exact) mass is 420 g/mol. The Morgan fingerprint density at radius 3 is 2.70 bits per heavy atom. The van der Waals surface area contributed by atoms with E-state index >= 15 is 0 Å². The summed E-state index contributed by atoms with van der Waals surface area (Å²) in [4.78, 5) is 16.8.